The van der Waals surface area contributed by atoms with Crippen LogP contribution in [0, 0.1) is 5.92 Å². The van der Waals surface area contributed by atoms with Gasteiger partial charge < -0.3 is 20.7 Å². The van der Waals surface area contributed by atoms with Crippen molar-refractivity contribution in [1.82, 2.24) is 10.2 Å². The quantitative estimate of drug-likeness (QED) is 0.778. The highest BCUT2D eigenvalue weighted by molar-refractivity contribution is 5.80. The first-order valence-electron chi connectivity index (χ1n) is 7.67. The second kappa shape index (κ2) is 8.26. The number of rotatable bonds is 6. The molecule has 6 nitrogen and oxygen atoms in total. The molecule has 1 saturated heterocycles. The van der Waals surface area contributed by atoms with Crippen molar-refractivity contribution in [3.63, 3.8) is 0 Å². The molecular weight excluding hydrogens is 282 g/mol. The summed E-state index contributed by atoms with van der Waals surface area (Å²) in [7, 11) is 0. The Morgan fingerprint density at radius 2 is 2.09 bits per heavy atom. The number of para-hydroxylation sites is 1. The Morgan fingerprint density at radius 1 is 1.32 bits per heavy atom. The summed E-state index contributed by atoms with van der Waals surface area (Å²) >= 11 is 0. The van der Waals surface area contributed by atoms with Crippen molar-refractivity contribution in [3.8, 4) is 5.75 Å². The molecule has 0 saturated carbocycles. The standard InChI is InChI=1S/C16H23N3O3/c17-16(21)19-10-4-6-13(12-19)15(20)18-9-5-11-22-14-7-2-1-3-8-14/h1-3,7-8,13H,4-6,9-12H2,(H2,17,21)(H,18,20)/t13-/m0/s1. The molecule has 22 heavy (non-hydrogen) atoms. The van der Waals surface area contributed by atoms with Crippen molar-refractivity contribution in [1.29, 1.82) is 0 Å². The van der Waals surface area contributed by atoms with Crippen LogP contribution >= 0.6 is 0 Å². The highest BCUT2D eigenvalue weighted by atomic mass is 16.5. The van der Waals surface area contributed by atoms with Crippen LogP contribution in [0.1, 0.15) is 19.3 Å². The smallest absolute Gasteiger partial charge is 0.314 e. The van der Waals surface area contributed by atoms with Crippen LogP contribution in [0.5, 0.6) is 5.75 Å². The molecule has 0 unspecified atom stereocenters. The Bertz CT molecular complexity index is 493. The Morgan fingerprint density at radius 3 is 2.82 bits per heavy atom. The van der Waals surface area contributed by atoms with Crippen LogP contribution in [0.2, 0.25) is 0 Å². The number of amides is 3. The van der Waals surface area contributed by atoms with Gasteiger partial charge in [0.2, 0.25) is 5.91 Å². The van der Waals surface area contributed by atoms with Crippen LogP contribution in [0.3, 0.4) is 0 Å². The van der Waals surface area contributed by atoms with E-state index in [0.717, 1.165) is 25.0 Å². The summed E-state index contributed by atoms with van der Waals surface area (Å²) in [6.07, 6.45) is 2.36. The lowest BCUT2D eigenvalue weighted by Crippen LogP contribution is -2.47. The molecule has 1 heterocycles. The minimum atomic E-state index is -0.450. The number of nitrogens with one attached hydrogen (secondary N) is 1. The molecule has 0 spiro atoms. The average molecular weight is 305 g/mol. The lowest BCUT2D eigenvalue weighted by Gasteiger charge is -2.30. The molecule has 6 heteroatoms. The van der Waals surface area contributed by atoms with Gasteiger partial charge in [0.15, 0.2) is 0 Å². The molecule has 1 aromatic carbocycles. The van der Waals surface area contributed by atoms with Crippen molar-refractivity contribution in [2.45, 2.75) is 19.3 Å². The van der Waals surface area contributed by atoms with Gasteiger partial charge in [0.1, 0.15) is 5.75 Å². The van der Waals surface area contributed by atoms with Crippen LogP contribution in [0.25, 0.3) is 0 Å². The fraction of sp³-hybridized carbons (Fsp3) is 0.500. The van der Waals surface area contributed by atoms with Crippen LogP contribution in [-0.4, -0.2) is 43.1 Å². The summed E-state index contributed by atoms with van der Waals surface area (Å²) in [5, 5.41) is 2.90. The predicted molar refractivity (Wildman–Crippen MR) is 83.4 cm³/mol. The summed E-state index contributed by atoms with van der Waals surface area (Å²) in [5.41, 5.74) is 5.26. The third kappa shape index (κ3) is 4.95. The van der Waals surface area contributed by atoms with E-state index in [1.54, 1.807) is 0 Å². The predicted octanol–water partition coefficient (Wildman–Crippen LogP) is 1.36. The zero-order valence-corrected chi connectivity index (χ0v) is 12.7. The summed E-state index contributed by atoms with van der Waals surface area (Å²) < 4.78 is 5.56. The van der Waals surface area contributed by atoms with Gasteiger partial charge in [0, 0.05) is 19.6 Å². The highest BCUT2D eigenvalue weighted by Crippen LogP contribution is 2.16. The third-order valence-corrected chi connectivity index (χ3v) is 3.74. The van der Waals surface area contributed by atoms with Gasteiger partial charge in [-0.2, -0.15) is 0 Å². The van der Waals surface area contributed by atoms with Crippen LogP contribution in [0.4, 0.5) is 4.79 Å². The molecule has 3 N–H and O–H groups in total. The second-order valence-electron chi connectivity index (χ2n) is 5.43. The molecule has 1 atom stereocenters. The number of primary amides is 1. The molecule has 1 fully saturated rings. The molecule has 0 radical (unpaired) electrons. The van der Waals surface area contributed by atoms with E-state index in [1.165, 1.54) is 4.90 Å². The fourth-order valence-electron chi connectivity index (χ4n) is 2.53. The number of nitrogens with zero attached hydrogens (tertiary/aromatic N) is 1. The van der Waals surface area contributed by atoms with Crippen LogP contribution in [0.15, 0.2) is 30.3 Å². The molecule has 0 aromatic heterocycles. The Labute approximate surface area is 130 Å². The minimum absolute atomic E-state index is 0.00865. The lowest BCUT2D eigenvalue weighted by atomic mass is 9.97. The number of nitrogens with two attached hydrogens (primary N) is 1. The van der Waals surface area contributed by atoms with Crippen LogP contribution < -0.4 is 15.8 Å². The monoisotopic (exact) mass is 305 g/mol. The molecule has 0 bridgehead atoms. The number of urea groups is 1. The van der Waals surface area contributed by atoms with Gasteiger partial charge in [-0.1, -0.05) is 18.2 Å². The SMILES string of the molecule is NC(=O)N1CCC[C@H](C(=O)NCCCOc2ccccc2)C1. The van der Waals surface area contributed by atoms with E-state index in [0.29, 0.717) is 26.2 Å². The Balaban J connectivity index is 1.62. The minimum Gasteiger partial charge on any atom is -0.494 e. The number of likely N-dealkylation sites (tertiary alicyclic amines) is 1. The topological polar surface area (TPSA) is 84.7 Å². The van der Waals surface area contributed by atoms with Crippen molar-refractivity contribution in [3.05, 3.63) is 30.3 Å². The van der Waals surface area contributed by atoms with Crippen molar-refractivity contribution in [2.24, 2.45) is 11.7 Å². The number of carbonyl (C=O) groups excluding carboxylic acids is 2. The van der Waals surface area contributed by atoms with Gasteiger partial charge in [0.05, 0.1) is 12.5 Å². The molecule has 0 aliphatic carbocycles. The Hall–Kier alpha value is -2.24. The number of hydrogen-bond acceptors (Lipinski definition) is 3. The lowest BCUT2D eigenvalue weighted by molar-refractivity contribution is -0.126. The van der Waals surface area contributed by atoms with E-state index in [4.69, 9.17) is 10.5 Å². The van der Waals surface area contributed by atoms with E-state index in [9.17, 15) is 9.59 Å². The molecule has 120 valence electrons. The number of ether oxygens (including phenoxy) is 1. The first-order chi connectivity index (χ1) is 10.7. The van der Waals surface area contributed by atoms with Gasteiger partial charge >= 0.3 is 6.03 Å². The number of piperidine rings is 1. The first-order valence-corrected chi connectivity index (χ1v) is 7.67. The average Bonchev–Trinajstić information content (AvgIpc) is 2.55. The maximum Gasteiger partial charge on any atom is 0.314 e. The summed E-state index contributed by atoms with van der Waals surface area (Å²) in [6.45, 7) is 2.19. The molecule has 3 amide bonds. The van der Waals surface area contributed by atoms with E-state index < -0.39 is 6.03 Å². The molecule has 1 aromatic rings. The second-order valence-corrected chi connectivity index (χ2v) is 5.43. The maximum absolute atomic E-state index is 12.1. The Kier molecular flexibility index (Phi) is 6.06. The normalized spacial score (nSPS) is 17.8. The van der Waals surface area contributed by atoms with Gasteiger partial charge in [-0.05, 0) is 31.4 Å². The molecule has 1 aliphatic rings. The molecule has 2 rings (SSSR count). The van der Waals surface area contributed by atoms with Crippen molar-refractivity contribution < 1.29 is 14.3 Å². The van der Waals surface area contributed by atoms with E-state index in [-0.39, 0.29) is 11.8 Å². The van der Waals surface area contributed by atoms with Crippen molar-refractivity contribution in [2.75, 3.05) is 26.2 Å². The zero-order chi connectivity index (χ0) is 15.8. The third-order valence-electron chi connectivity index (χ3n) is 3.74. The van der Waals surface area contributed by atoms with Gasteiger partial charge in [-0.3, -0.25) is 4.79 Å². The first kappa shape index (κ1) is 16.1. The van der Waals surface area contributed by atoms with Crippen molar-refractivity contribution >= 4 is 11.9 Å². The van der Waals surface area contributed by atoms with Crippen LogP contribution in [-0.2, 0) is 4.79 Å². The summed E-state index contributed by atoms with van der Waals surface area (Å²) in [5.74, 6) is 0.667. The largest absolute Gasteiger partial charge is 0.494 e. The highest BCUT2D eigenvalue weighted by Gasteiger charge is 2.26. The van der Waals surface area contributed by atoms with Gasteiger partial charge in [-0.25, -0.2) is 4.79 Å². The van der Waals surface area contributed by atoms with Gasteiger partial charge in [-0.15, -0.1) is 0 Å². The maximum atomic E-state index is 12.1. The number of hydrogen-bond donors (Lipinski definition) is 2. The number of carbonyl (C=O) groups is 2. The van der Waals surface area contributed by atoms with Gasteiger partial charge in [0.25, 0.3) is 0 Å². The van der Waals surface area contributed by atoms with E-state index >= 15 is 0 Å². The summed E-state index contributed by atoms with van der Waals surface area (Å²) in [6, 6.07) is 9.13. The van der Waals surface area contributed by atoms with E-state index in [1.807, 2.05) is 30.3 Å². The molecular formula is C16H23N3O3. The number of benzene rings is 1. The fourth-order valence-corrected chi connectivity index (χ4v) is 2.53. The van der Waals surface area contributed by atoms with E-state index in [2.05, 4.69) is 5.32 Å². The zero-order valence-electron chi connectivity index (χ0n) is 12.7. The summed E-state index contributed by atoms with van der Waals surface area (Å²) in [4.78, 5) is 24.8. The molecule has 1 aliphatic heterocycles.